The fourth-order valence-electron chi connectivity index (χ4n) is 0. The summed E-state index contributed by atoms with van der Waals surface area (Å²) < 4.78 is 22.3. The van der Waals surface area contributed by atoms with Crippen molar-refractivity contribution < 1.29 is 8.39 Å². The van der Waals surface area contributed by atoms with Crippen LogP contribution in [0.25, 0.3) is 0 Å². The molecular formula is H3F2N2PS. The van der Waals surface area contributed by atoms with E-state index < -0.39 is 6.81 Å². The largest absolute Gasteiger partial charge is 0.351 e. The van der Waals surface area contributed by atoms with E-state index in [2.05, 4.69) is 17.6 Å². The van der Waals surface area contributed by atoms with Crippen molar-refractivity contribution in [1.29, 1.82) is 0 Å². The molecule has 0 bridgehead atoms. The van der Waals surface area contributed by atoms with Crippen LogP contribution in [0.15, 0.2) is 0 Å². The van der Waals surface area contributed by atoms with Crippen molar-refractivity contribution in [2.45, 2.75) is 0 Å². The second-order valence-electron chi connectivity index (χ2n) is 0.591. The summed E-state index contributed by atoms with van der Waals surface area (Å²) in [4.78, 5) is 0. The second-order valence-corrected chi connectivity index (χ2v) is 3.15. The summed E-state index contributed by atoms with van der Waals surface area (Å²) in [6, 6.07) is 0. The molecule has 0 fully saturated rings. The lowest BCUT2D eigenvalue weighted by Crippen LogP contribution is -2.12. The molecule has 6 heteroatoms. The van der Waals surface area contributed by atoms with Crippen LogP contribution >= 0.6 is 6.81 Å². The number of nitrogens with one attached hydrogen (secondary N) is 1. The van der Waals surface area contributed by atoms with Gasteiger partial charge < -0.3 is 0 Å². The Bertz CT molecular complexity index is 75.6. The summed E-state index contributed by atoms with van der Waals surface area (Å²) in [7, 11) is 0. The molecule has 0 aliphatic heterocycles. The van der Waals surface area contributed by atoms with Crippen molar-refractivity contribution in [3.63, 3.8) is 0 Å². The lowest BCUT2D eigenvalue weighted by molar-refractivity contribution is 0.704. The highest BCUT2D eigenvalue weighted by Gasteiger charge is 2.05. The van der Waals surface area contributed by atoms with Gasteiger partial charge in [0.15, 0.2) is 0 Å². The summed E-state index contributed by atoms with van der Waals surface area (Å²) in [5, 5.41) is 1.20. The maximum Gasteiger partial charge on any atom is 0.351 e. The van der Waals surface area contributed by atoms with E-state index in [0.29, 0.717) is 0 Å². The average Bonchev–Trinajstić information content (AvgIpc) is 1.35. The van der Waals surface area contributed by atoms with Crippen LogP contribution in [0.3, 0.4) is 0 Å². The van der Waals surface area contributed by atoms with Gasteiger partial charge in [0.25, 0.3) is 0 Å². The van der Waals surface area contributed by atoms with E-state index in [4.69, 9.17) is 0 Å². The fourth-order valence-corrected chi connectivity index (χ4v) is 0. The highest BCUT2D eigenvalue weighted by Crippen LogP contribution is 2.42. The summed E-state index contributed by atoms with van der Waals surface area (Å²) in [6.45, 7) is -4.29. The van der Waals surface area contributed by atoms with Crippen LogP contribution in [0.4, 0.5) is 8.39 Å². The lowest BCUT2D eigenvalue weighted by Gasteiger charge is -1.92. The molecule has 0 saturated carbocycles. The van der Waals surface area contributed by atoms with Crippen molar-refractivity contribution in [1.82, 2.24) is 5.20 Å². The van der Waals surface area contributed by atoms with Crippen molar-refractivity contribution in [3.8, 4) is 0 Å². The third kappa shape index (κ3) is 4.43. The molecule has 3 N–H and O–H groups in total. The van der Waals surface area contributed by atoms with E-state index in [1.807, 2.05) is 0 Å². The molecule has 0 aromatic rings. The second kappa shape index (κ2) is 1.93. The highest BCUT2D eigenvalue weighted by atomic mass is 32.5. The zero-order chi connectivity index (χ0) is 5.21. The minimum atomic E-state index is -4.29. The van der Waals surface area contributed by atoms with Gasteiger partial charge in [0.2, 0.25) is 0 Å². The van der Waals surface area contributed by atoms with Crippen LogP contribution in [0, 0.1) is 0 Å². The predicted octanol–water partition coefficient (Wildman–Crippen LogP) is 0.613. The molecule has 0 aromatic carbocycles. The van der Waals surface area contributed by atoms with Gasteiger partial charge in [0.05, 0.1) is 0 Å². The third-order valence-electron chi connectivity index (χ3n) is 0.150. The van der Waals surface area contributed by atoms with E-state index in [1.165, 1.54) is 5.20 Å². The number of halogens is 2. The van der Waals surface area contributed by atoms with Crippen LogP contribution in [-0.2, 0) is 11.8 Å². The minimum Gasteiger partial charge on any atom is -0.263 e. The predicted molar refractivity (Wildman–Crippen MR) is 23.8 cm³/mol. The summed E-state index contributed by atoms with van der Waals surface area (Å²) >= 11 is 3.53. The first-order chi connectivity index (χ1) is 2.56. The normalized spacial score (nSPS) is 11.8. The van der Waals surface area contributed by atoms with Crippen LogP contribution in [0.1, 0.15) is 0 Å². The Morgan fingerprint density at radius 2 is 1.83 bits per heavy atom. The molecular weight excluding hydrogens is 129 g/mol. The number of hydrazine groups is 1. The number of hydrogen-bond donors (Lipinski definition) is 2. The average molecular weight is 132 g/mol. The van der Waals surface area contributed by atoms with Gasteiger partial charge in [-0.25, -0.2) is 0 Å². The number of nitrogens with two attached hydrogens (primary N) is 1. The van der Waals surface area contributed by atoms with Crippen molar-refractivity contribution >= 4 is 18.6 Å². The van der Waals surface area contributed by atoms with Crippen molar-refractivity contribution in [2.75, 3.05) is 0 Å². The SMILES string of the molecule is NNP(F)(F)=S. The summed E-state index contributed by atoms with van der Waals surface area (Å²) in [5.41, 5.74) is 0. The first-order valence-corrected chi connectivity index (χ1v) is 3.62. The van der Waals surface area contributed by atoms with E-state index in [9.17, 15) is 8.39 Å². The van der Waals surface area contributed by atoms with Gasteiger partial charge in [0.1, 0.15) is 0 Å². The molecule has 0 spiro atoms. The molecule has 6 heavy (non-hydrogen) atoms. The van der Waals surface area contributed by atoms with Crippen LogP contribution in [0.2, 0.25) is 0 Å². The molecule has 0 aromatic heterocycles. The Morgan fingerprint density at radius 1 is 1.67 bits per heavy atom. The Morgan fingerprint density at radius 3 is 1.83 bits per heavy atom. The molecule has 0 atom stereocenters. The molecule has 2 nitrogen and oxygen atoms in total. The molecule has 0 amide bonds. The first-order valence-electron chi connectivity index (χ1n) is 1.03. The molecule has 0 aliphatic carbocycles. The van der Waals surface area contributed by atoms with E-state index in [1.54, 1.807) is 0 Å². The molecule has 0 rings (SSSR count). The topological polar surface area (TPSA) is 38.0 Å². The molecule has 0 aliphatic rings. The molecule has 0 heterocycles. The Labute approximate surface area is 39.0 Å². The maximum atomic E-state index is 11.1. The molecule has 0 radical (unpaired) electrons. The maximum absolute atomic E-state index is 11.1. The minimum absolute atomic E-state index is 1.20. The van der Waals surface area contributed by atoms with Crippen LogP contribution < -0.4 is 11.0 Å². The fraction of sp³-hybridized carbons (Fsp3) is 0. The summed E-state index contributed by atoms with van der Waals surface area (Å²) in [6.07, 6.45) is 0. The monoisotopic (exact) mass is 132 g/mol. The van der Waals surface area contributed by atoms with Crippen molar-refractivity contribution in [2.24, 2.45) is 5.84 Å². The van der Waals surface area contributed by atoms with Gasteiger partial charge in [-0.15, -0.1) is 0 Å². The van der Waals surface area contributed by atoms with E-state index in [0.717, 1.165) is 0 Å². The van der Waals surface area contributed by atoms with E-state index >= 15 is 0 Å². The lowest BCUT2D eigenvalue weighted by atomic mass is 13.0. The highest BCUT2D eigenvalue weighted by molar-refractivity contribution is 8.08. The zero-order valence-electron chi connectivity index (χ0n) is 2.69. The van der Waals surface area contributed by atoms with E-state index in [-0.39, 0.29) is 0 Å². The van der Waals surface area contributed by atoms with Crippen LogP contribution in [0.5, 0.6) is 0 Å². The molecule has 38 valence electrons. The Kier molecular flexibility index (Phi) is 2.07. The number of hydrogen-bond acceptors (Lipinski definition) is 2. The standard InChI is InChI=1S/F2H3N2PS/c1-5(2,6)4-3/h3H2,(H,4,6). The van der Waals surface area contributed by atoms with Gasteiger partial charge in [-0.2, -0.15) is 13.6 Å². The summed E-state index contributed by atoms with van der Waals surface area (Å²) in [5.74, 6) is 4.25. The molecule has 0 unspecified atom stereocenters. The van der Waals surface area contributed by atoms with Crippen LogP contribution in [-0.4, -0.2) is 0 Å². The van der Waals surface area contributed by atoms with Crippen molar-refractivity contribution in [3.05, 3.63) is 0 Å². The van der Waals surface area contributed by atoms with Gasteiger partial charge in [0, 0.05) is 0 Å². The Hall–Kier alpha value is 0.430. The zero-order valence-corrected chi connectivity index (χ0v) is 4.40. The van der Waals surface area contributed by atoms with Gasteiger partial charge in [-0.3, -0.25) is 5.84 Å². The van der Waals surface area contributed by atoms with Gasteiger partial charge >= 0.3 is 6.81 Å². The van der Waals surface area contributed by atoms with Gasteiger partial charge in [-0.05, 0) is 11.8 Å². The quantitative estimate of drug-likeness (QED) is 0.312. The van der Waals surface area contributed by atoms with Gasteiger partial charge in [-0.1, -0.05) is 0 Å². The molecule has 0 saturated heterocycles. The smallest absolute Gasteiger partial charge is 0.263 e. The first kappa shape index (κ1) is 6.43. The third-order valence-corrected chi connectivity index (χ3v) is 0.767. The Balaban J connectivity index is 3.48. The number of rotatable bonds is 1.